The number of benzene rings is 2. The lowest BCUT2D eigenvalue weighted by atomic mass is 10.1. The lowest BCUT2D eigenvalue weighted by Crippen LogP contribution is -2.05. The van der Waals surface area contributed by atoms with Crippen molar-refractivity contribution in [2.45, 2.75) is 4.90 Å². The summed E-state index contributed by atoms with van der Waals surface area (Å²) in [4.78, 5) is 0.258. The molecule has 0 amide bonds. The van der Waals surface area contributed by atoms with Gasteiger partial charge >= 0.3 is 0 Å². The Hall–Kier alpha value is -1.83. The maximum atomic E-state index is 12.0. The predicted molar refractivity (Wildman–Crippen MR) is 70.9 cm³/mol. The molecule has 2 rings (SSSR count). The van der Waals surface area contributed by atoms with Gasteiger partial charge in [0.05, 0.1) is 4.90 Å². The second-order valence-corrected chi connectivity index (χ2v) is 5.77. The second-order valence-electron chi connectivity index (χ2n) is 3.78. The van der Waals surface area contributed by atoms with Crippen LogP contribution in [0.3, 0.4) is 0 Å². The van der Waals surface area contributed by atoms with Gasteiger partial charge in [0.1, 0.15) is 12.4 Å². The summed E-state index contributed by atoms with van der Waals surface area (Å²) >= 11 is 0. The second kappa shape index (κ2) is 5.21. The molecule has 0 aliphatic heterocycles. The summed E-state index contributed by atoms with van der Waals surface area (Å²) in [5, 5.41) is 10.4. The molecule has 2 aromatic carbocycles. The first kappa shape index (κ1) is 12.6. The van der Waals surface area contributed by atoms with E-state index in [0.29, 0.717) is 0 Å². The fraction of sp³-hybridized carbons (Fsp3) is 0.143. The maximum absolute atomic E-state index is 12.0. The Morgan fingerprint density at radius 2 is 1.72 bits per heavy atom. The fourth-order valence-electron chi connectivity index (χ4n) is 1.65. The molecule has 3 nitrogen and oxygen atoms in total. The van der Waals surface area contributed by atoms with Crippen LogP contribution in [0.2, 0.25) is 0 Å². The molecular weight excluding hydrogens is 248 g/mol. The molecule has 1 N–H and O–H groups in total. The van der Waals surface area contributed by atoms with Crippen LogP contribution in [0.4, 0.5) is 0 Å². The first-order valence-corrected chi connectivity index (χ1v) is 7.07. The third kappa shape index (κ3) is 2.70. The highest BCUT2D eigenvalue weighted by molar-refractivity contribution is 7.91. The van der Waals surface area contributed by atoms with Crippen LogP contribution in [-0.4, -0.2) is 25.9 Å². The van der Waals surface area contributed by atoms with Gasteiger partial charge in [0.15, 0.2) is 9.84 Å². The average molecular weight is 260 g/mol. The molecule has 0 aliphatic rings. The minimum absolute atomic E-state index is 0.258. The molecule has 4 heteroatoms. The Balaban J connectivity index is 2.41. The first-order valence-electron chi connectivity index (χ1n) is 5.41. The third-order valence-corrected chi connectivity index (χ3v) is 4.04. The maximum Gasteiger partial charge on any atom is 0.189 e. The van der Waals surface area contributed by atoms with Gasteiger partial charge in [-0.2, -0.15) is 0 Å². The number of hydrogen-bond donors (Lipinski definition) is 1. The summed E-state index contributed by atoms with van der Waals surface area (Å²) in [5.41, 5.74) is 0. The van der Waals surface area contributed by atoms with E-state index in [1.165, 1.54) is 0 Å². The van der Waals surface area contributed by atoms with E-state index in [-0.39, 0.29) is 17.3 Å². The van der Waals surface area contributed by atoms with Crippen LogP contribution in [0.1, 0.15) is 0 Å². The largest absolute Gasteiger partial charge is 0.384 e. The molecule has 0 unspecified atom stereocenters. The zero-order valence-electron chi connectivity index (χ0n) is 9.63. The fourth-order valence-corrected chi connectivity index (χ4v) is 2.69. The number of aliphatic hydroxyl groups is 1. The summed E-state index contributed by atoms with van der Waals surface area (Å²) in [6.07, 6.45) is 0. The van der Waals surface area contributed by atoms with Gasteiger partial charge in [-0.1, -0.05) is 42.2 Å². The van der Waals surface area contributed by atoms with E-state index in [4.69, 9.17) is 5.11 Å². The van der Waals surface area contributed by atoms with Gasteiger partial charge < -0.3 is 5.11 Å². The van der Waals surface area contributed by atoms with Crippen molar-refractivity contribution >= 4 is 20.6 Å². The predicted octanol–water partition coefficient (Wildman–Crippen LogP) is 1.61. The molecule has 0 atom stereocenters. The lowest BCUT2D eigenvalue weighted by Gasteiger charge is -2.03. The van der Waals surface area contributed by atoms with Crippen molar-refractivity contribution < 1.29 is 13.5 Å². The molecule has 0 saturated carbocycles. The molecule has 0 aliphatic carbocycles. The van der Waals surface area contributed by atoms with Gasteiger partial charge in [-0.15, -0.1) is 0 Å². The lowest BCUT2D eigenvalue weighted by molar-refractivity contribution is 0.350. The molecule has 0 fully saturated rings. The molecule has 0 bridgehead atoms. The van der Waals surface area contributed by atoms with Crippen LogP contribution in [0, 0.1) is 11.8 Å². The zero-order valence-corrected chi connectivity index (χ0v) is 10.4. The van der Waals surface area contributed by atoms with Crippen molar-refractivity contribution in [3.63, 3.8) is 0 Å². The van der Waals surface area contributed by atoms with Crippen LogP contribution in [0.15, 0.2) is 47.4 Å². The number of fused-ring (bicyclic) bond motifs is 1. The van der Waals surface area contributed by atoms with Gasteiger partial charge in [0, 0.05) is 0 Å². The summed E-state index contributed by atoms with van der Waals surface area (Å²) in [5.74, 6) is 4.50. The SMILES string of the molecule is O=S(=O)(CC#CCO)c1ccc2ccccc2c1. The molecule has 18 heavy (non-hydrogen) atoms. The van der Waals surface area contributed by atoms with Crippen LogP contribution in [0.25, 0.3) is 10.8 Å². The van der Waals surface area contributed by atoms with Gasteiger partial charge in [-0.25, -0.2) is 8.42 Å². The van der Waals surface area contributed by atoms with Crippen LogP contribution >= 0.6 is 0 Å². The van der Waals surface area contributed by atoms with Crippen LogP contribution in [-0.2, 0) is 9.84 Å². The Labute approximate surface area is 106 Å². The van der Waals surface area contributed by atoms with E-state index >= 15 is 0 Å². The minimum atomic E-state index is -3.41. The molecule has 2 aromatic rings. The average Bonchev–Trinajstić information content (AvgIpc) is 2.38. The van der Waals surface area contributed by atoms with Gasteiger partial charge in [0.25, 0.3) is 0 Å². The summed E-state index contributed by atoms with van der Waals surface area (Å²) in [6.45, 7) is -0.326. The van der Waals surface area contributed by atoms with E-state index in [1.54, 1.807) is 18.2 Å². The monoisotopic (exact) mass is 260 g/mol. The molecule has 0 spiro atoms. The summed E-state index contributed by atoms with van der Waals surface area (Å²) in [6, 6.07) is 12.6. The van der Waals surface area contributed by atoms with Gasteiger partial charge in [0.2, 0.25) is 0 Å². The van der Waals surface area contributed by atoms with E-state index in [0.717, 1.165) is 10.8 Å². The van der Waals surface area contributed by atoms with Crippen LogP contribution < -0.4 is 0 Å². The smallest absolute Gasteiger partial charge is 0.189 e. The Morgan fingerprint density at radius 3 is 2.44 bits per heavy atom. The van der Waals surface area contributed by atoms with Gasteiger partial charge in [-0.3, -0.25) is 0 Å². The molecule has 0 heterocycles. The summed E-state index contributed by atoms with van der Waals surface area (Å²) in [7, 11) is -3.41. The highest BCUT2D eigenvalue weighted by atomic mass is 32.2. The number of rotatable bonds is 2. The third-order valence-electron chi connectivity index (χ3n) is 2.55. The van der Waals surface area contributed by atoms with Crippen LogP contribution in [0.5, 0.6) is 0 Å². The Kier molecular flexibility index (Phi) is 3.66. The number of sulfone groups is 1. The van der Waals surface area contributed by atoms with Gasteiger partial charge in [-0.05, 0) is 22.9 Å². The molecule has 0 aromatic heterocycles. The van der Waals surface area contributed by atoms with E-state index in [9.17, 15) is 8.42 Å². The minimum Gasteiger partial charge on any atom is -0.384 e. The highest BCUT2D eigenvalue weighted by Gasteiger charge is 2.12. The van der Waals surface area contributed by atoms with Crippen molar-refractivity contribution in [1.82, 2.24) is 0 Å². The molecule has 92 valence electrons. The first-order chi connectivity index (χ1) is 8.63. The van der Waals surface area contributed by atoms with E-state index in [2.05, 4.69) is 11.8 Å². The van der Waals surface area contributed by atoms with Crippen molar-refractivity contribution in [1.29, 1.82) is 0 Å². The zero-order chi connectivity index (χ0) is 13.0. The highest BCUT2D eigenvalue weighted by Crippen LogP contribution is 2.19. The normalized spacial score (nSPS) is 10.9. The van der Waals surface area contributed by atoms with Crippen molar-refractivity contribution in [3.05, 3.63) is 42.5 Å². The number of hydrogen-bond acceptors (Lipinski definition) is 3. The molecule has 0 saturated heterocycles. The standard InChI is InChI=1S/C14H12O3S/c15-9-3-4-10-18(16,17)14-8-7-12-5-1-2-6-13(12)11-14/h1-2,5-8,11,15H,9-10H2. The van der Waals surface area contributed by atoms with Crippen molar-refractivity contribution in [2.75, 3.05) is 12.4 Å². The Morgan fingerprint density at radius 1 is 1.00 bits per heavy atom. The summed E-state index contributed by atoms with van der Waals surface area (Å²) < 4.78 is 23.9. The van der Waals surface area contributed by atoms with Crippen molar-refractivity contribution in [3.8, 4) is 11.8 Å². The van der Waals surface area contributed by atoms with E-state index < -0.39 is 9.84 Å². The molecular formula is C14H12O3S. The van der Waals surface area contributed by atoms with Crippen molar-refractivity contribution in [2.24, 2.45) is 0 Å². The molecule has 0 radical (unpaired) electrons. The number of aliphatic hydroxyl groups excluding tert-OH is 1. The Bertz CT molecular complexity index is 721. The van der Waals surface area contributed by atoms with E-state index in [1.807, 2.05) is 24.3 Å². The topological polar surface area (TPSA) is 54.4 Å². The quantitative estimate of drug-likeness (QED) is 0.835.